The van der Waals surface area contributed by atoms with Crippen LogP contribution in [0.4, 0.5) is 0 Å². The van der Waals surface area contributed by atoms with Crippen LogP contribution in [0.3, 0.4) is 0 Å². The molecule has 6 heteroatoms. The van der Waals surface area contributed by atoms with Crippen LogP contribution in [0.25, 0.3) is 0 Å². The number of carboxylic acid groups (broad SMARTS) is 2. The Labute approximate surface area is 159 Å². The topological polar surface area (TPSA) is 95.9 Å². The van der Waals surface area contributed by atoms with E-state index in [2.05, 4.69) is 74.6 Å². The fourth-order valence-electron chi connectivity index (χ4n) is 2.12. The summed E-state index contributed by atoms with van der Waals surface area (Å²) in [5, 5.41) is 18.2. The van der Waals surface area contributed by atoms with Gasteiger partial charge in [-0.15, -0.1) is 0 Å². The number of carboxylic acids is 2. The van der Waals surface area contributed by atoms with Crippen molar-refractivity contribution in [3.05, 3.63) is 65.7 Å². The van der Waals surface area contributed by atoms with Crippen LogP contribution in [0.5, 0.6) is 5.75 Å². The van der Waals surface area contributed by atoms with Crippen molar-refractivity contribution >= 4 is 11.9 Å². The zero-order valence-corrected chi connectivity index (χ0v) is 15.9. The molecule has 2 rings (SSSR count). The number of carbonyl (C=O) groups is 2. The van der Waals surface area contributed by atoms with Crippen molar-refractivity contribution in [3.63, 3.8) is 0 Å². The molecule has 0 fully saturated rings. The van der Waals surface area contributed by atoms with Crippen molar-refractivity contribution in [3.8, 4) is 5.75 Å². The van der Waals surface area contributed by atoms with Crippen LogP contribution in [0.15, 0.2) is 54.6 Å². The summed E-state index contributed by atoms with van der Waals surface area (Å²) < 4.78 is 5.75. The standard InChI is InChI=1S/C19H25NO.C2H2O4/c1-19(2,3)17-9-11-18(12-10-17)21-14-13-20-15-16-7-5-4-6-8-16;3-1(4)2(5)6/h4-12,20H,13-15H2,1-3H3;(H,3,4)(H,5,6). The van der Waals surface area contributed by atoms with Gasteiger partial charge in [-0.05, 0) is 28.7 Å². The van der Waals surface area contributed by atoms with Gasteiger partial charge < -0.3 is 20.3 Å². The summed E-state index contributed by atoms with van der Waals surface area (Å²) in [6.45, 7) is 9.06. The Morgan fingerprint density at radius 3 is 1.96 bits per heavy atom. The summed E-state index contributed by atoms with van der Waals surface area (Å²) in [4.78, 5) is 18.2. The van der Waals surface area contributed by atoms with Gasteiger partial charge in [0.1, 0.15) is 12.4 Å². The van der Waals surface area contributed by atoms with Crippen LogP contribution in [0.1, 0.15) is 31.9 Å². The predicted octanol–water partition coefficient (Wildman–Crippen LogP) is 3.31. The molecule has 0 unspecified atom stereocenters. The highest BCUT2D eigenvalue weighted by Crippen LogP contribution is 2.24. The molecular formula is C21H27NO5. The maximum atomic E-state index is 9.10. The Bertz CT molecular complexity index is 694. The first-order chi connectivity index (χ1) is 12.7. The summed E-state index contributed by atoms with van der Waals surface area (Å²) in [5.74, 6) is -2.71. The normalized spacial score (nSPS) is 10.5. The van der Waals surface area contributed by atoms with E-state index >= 15 is 0 Å². The largest absolute Gasteiger partial charge is 0.492 e. The van der Waals surface area contributed by atoms with Gasteiger partial charge in [0.25, 0.3) is 0 Å². The molecule has 0 aromatic heterocycles. The molecule has 0 amide bonds. The lowest BCUT2D eigenvalue weighted by Gasteiger charge is -2.19. The van der Waals surface area contributed by atoms with Gasteiger partial charge in [-0.3, -0.25) is 0 Å². The summed E-state index contributed by atoms with van der Waals surface area (Å²) in [7, 11) is 0. The highest BCUT2D eigenvalue weighted by atomic mass is 16.5. The smallest absolute Gasteiger partial charge is 0.414 e. The maximum absolute atomic E-state index is 9.10. The average molecular weight is 373 g/mol. The minimum Gasteiger partial charge on any atom is -0.492 e. The number of aliphatic carboxylic acids is 2. The third-order valence-electron chi connectivity index (χ3n) is 3.62. The molecule has 0 bridgehead atoms. The first-order valence-corrected chi connectivity index (χ1v) is 8.64. The van der Waals surface area contributed by atoms with Crippen LogP contribution in [-0.2, 0) is 21.5 Å². The highest BCUT2D eigenvalue weighted by molar-refractivity contribution is 6.27. The van der Waals surface area contributed by atoms with E-state index in [0.29, 0.717) is 6.61 Å². The van der Waals surface area contributed by atoms with Crippen LogP contribution < -0.4 is 10.1 Å². The lowest BCUT2D eigenvalue weighted by Crippen LogP contribution is -2.20. The molecule has 0 atom stereocenters. The molecule has 0 saturated carbocycles. The minimum atomic E-state index is -1.82. The van der Waals surface area contributed by atoms with E-state index in [1.807, 2.05) is 6.07 Å². The molecule has 0 aliphatic rings. The van der Waals surface area contributed by atoms with Crippen molar-refractivity contribution in [2.24, 2.45) is 0 Å². The zero-order valence-electron chi connectivity index (χ0n) is 15.9. The molecule has 0 saturated heterocycles. The van der Waals surface area contributed by atoms with E-state index in [9.17, 15) is 0 Å². The van der Waals surface area contributed by atoms with Gasteiger partial charge >= 0.3 is 11.9 Å². The first kappa shape index (κ1) is 22.2. The number of ether oxygens (including phenoxy) is 1. The average Bonchev–Trinajstić information content (AvgIpc) is 2.62. The SMILES string of the molecule is CC(C)(C)c1ccc(OCCNCc2ccccc2)cc1.O=C(O)C(=O)O. The van der Waals surface area contributed by atoms with Crippen molar-refractivity contribution < 1.29 is 24.5 Å². The van der Waals surface area contributed by atoms with E-state index < -0.39 is 11.9 Å². The van der Waals surface area contributed by atoms with E-state index in [1.54, 1.807) is 0 Å². The van der Waals surface area contributed by atoms with E-state index in [0.717, 1.165) is 18.8 Å². The second-order valence-electron chi connectivity index (χ2n) is 6.90. The van der Waals surface area contributed by atoms with Crippen molar-refractivity contribution in [2.75, 3.05) is 13.2 Å². The molecule has 27 heavy (non-hydrogen) atoms. The minimum absolute atomic E-state index is 0.190. The summed E-state index contributed by atoms with van der Waals surface area (Å²) in [5.41, 5.74) is 2.82. The third kappa shape index (κ3) is 9.42. The van der Waals surface area contributed by atoms with Gasteiger partial charge in [-0.2, -0.15) is 0 Å². The first-order valence-electron chi connectivity index (χ1n) is 8.64. The Kier molecular flexibility index (Phi) is 9.02. The lowest BCUT2D eigenvalue weighted by atomic mass is 9.87. The number of hydrogen-bond acceptors (Lipinski definition) is 4. The molecule has 0 spiro atoms. The molecule has 0 aliphatic carbocycles. The van der Waals surface area contributed by atoms with Gasteiger partial charge in [0, 0.05) is 13.1 Å². The van der Waals surface area contributed by atoms with Crippen LogP contribution in [0.2, 0.25) is 0 Å². The Hall–Kier alpha value is -2.86. The van der Waals surface area contributed by atoms with Gasteiger partial charge in [0.05, 0.1) is 0 Å². The van der Waals surface area contributed by atoms with Gasteiger partial charge in [-0.25, -0.2) is 9.59 Å². The number of hydrogen-bond donors (Lipinski definition) is 3. The van der Waals surface area contributed by atoms with Crippen LogP contribution in [0, 0.1) is 0 Å². The molecule has 3 N–H and O–H groups in total. The van der Waals surface area contributed by atoms with Crippen LogP contribution >= 0.6 is 0 Å². The Balaban J connectivity index is 0.000000527. The number of nitrogens with one attached hydrogen (secondary N) is 1. The number of rotatable bonds is 6. The van der Waals surface area contributed by atoms with E-state index in [-0.39, 0.29) is 5.41 Å². The molecule has 6 nitrogen and oxygen atoms in total. The van der Waals surface area contributed by atoms with Gasteiger partial charge in [-0.1, -0.05) is 63.2 Å². The van der Waals surface area contributed by atoms with Crippen LogP contribution in [-0.4, -0.2) is 35.3 Å². The Morgan fingerprint density at radius 1 is 0.926 bits per heavy atom. The number of benzene rings is 2. The molecule has 2 aromatic carbocycles. The highest BCUT2D eigenvalue weighted by Gasteiger charge is 2.12. The van der Waals surface area contributed by atoms with Crippen molar-refractivity contribution in [1.29, 1.82) is 0 Å². The molecular weight excluding hydrogens is 346 g/mol. The van der Waals surface area contributed by atoms with Gasteiger partial charge in [0.15, 0.2) is 0 Å². The fourth-order valence-corrected chi connectivity index (χ4v) is 2.12. The third-order valence-corrected chi connectivity index (χ3v) is 3.62. The zero-order chi connectivity index (χ0) is 20.3. The molecule has 146 valence electrons. The maximum Gasteiger partial charge on any atom is 0.414 e. The van der Waals surface area contributed by atoms with Gasteiger partial charge in [0.2, 0.25) is 0 Å². The fraction of sp³-hybridized carbons (Fsp3) is 0.333. The molecule has 0 aliphatic heterocycles. The van der Waals surface area contributed by atoms with E-state index in [4.69, 9.17) is 24.5 Å². The van der Waals surface area contributed by atoms with Crippen molar-refractivity contribution in [2.45, 2.75) is 32.7 Å². The lowest BCUT2D eigenvalue weighted by molar-refractivity contribution is -0.159. The summed E-state index contributed by atoms with van der Waals surface area (Å²) in [6.07, 6.45) is 0. The summed E-state index contributed by atoms with van der Waals surface area (Å²) in [6, 6.07) is 18.8. The molecule has 0 radical (unpaired) electrons. The van der Waals surface area contributed by atoms with E-state index in [1.165, 1.54) is 11.1 Å². The molecule has 0 heterocycles. The monoisotopic (exact) mass is 373 g/mol. The second-order valence-corrected chi connectivity index (χ2v) is 6.90. The summed E-state index contributed by atoms with van der Waals surface area (Å²) >= 11 is 0. The predicted molar refractivity (Wildman–Crippen MR) is 104 cm³/mol. The quantitative estimate of drug-likeness (QED) is 0.531. The second kappa shape index (κ2) is 11.0. The van der Waals surface area contributed by atoms with Crippen molar-refractivity contribution in [1.82, 2.24) is 5.32 Å². The molecule has 2 aromatic rings. The Morgan fingerprint density at radius 2 is 1.48 bits per heavy atom.